The van der Waals surface area contributed by atoms with Crippen molar-refractivity contribution in [2.24, 2.45) is 0 Å². The fourth-order valence-electron chi connectivity index (χ4n) is 5.39. The monoisotopic (exact) mass is 541 g/mol. The number of aryl methyl sites for hydroxylation is 1. The molecule has 2 amide bonds. The van der Waals surface area contributed by atoms with Crippen molar-refractivity contribution >= 4 is 28.5 Å². The van der Waals surface area contributed by atoms with E-state index in [9.17, 15) is 9.59 Å². The van der Waals surface area contributed by atoms with Gasteiger partial charge in [-0.3, -0.25) is 14.5 Å². The fourth-order valence-corrected chi connectivity index (χ4v) is 5.39. The Morgan fingerprint density at radius 2 is 1.80 bits per heavy atom. The summed E-state index contributed by atoms with van der Waals surface area (Å²) >= 11 is 0. The Bertz CT molecular complexity index is 1490. The van der Waals surface area contributed by atoms with E-state index in [0.29, 0.717) is 34.9 Å². The SMILES string of the molecule is CCOc1ccc([C@@H](C(=O)NC2CCCC2)N(C(=O)Cn2nnc3ccccc32)c2ccccc2C)cc1OC. The van der Waals surface area contributed by atoms with E-state index in [2.05, 4.69) is 15.6 Å². The minimum Gasteiger partial charge on any atom is -0.493 e. The third-order valence-electron chi connectivity index (χ3n) is 7.36. The van der Waals surface area contributed by atoms with Crippen molar-refractivity contribution in [3.8, 4) is 11.5 Å². The van der Waals surface area contributed by atoms with Crippen LogP contribution in [-0.2, 0) is 16.1 Å². The Balaban J connectivity index is 1.61. The quantitative estimate of drug-likeness (QED) is 0.304. The number of amides is 2. The maximum atomic E-state index is 14.3. The zero-order chi connectivity index (χ0) is 28.1. The molecule has 1 aliphatic rings. The first-order valence-electron chi connectivity index (χ1n) is 13.8. The molecule has 3 aromatic carbocycles. The highest BCUT2D eigenvalue weighted by molar-refractivity contribution is 6.02. The molecule has 1 N–H and O–H groups in total. The van der Waals surface area contributed by atoms with Gasteiger partial charge in [-0.25, -0.2) is 4.68 Å². The maximum absolute atomic E-state index is 14.3. The lowest BCUT2D eigenvalue weighted by Crippen LogP contribution is -2.47. The average Bonchev–Trinajstić information content (AvgIpc) is 3.63. The maximum Gasteiger partial charge on any atom is 0.249 e. The molecule has 0 spiro atoms. The number of para-hydroxylation sites is 2. The van der Waals surface area contributed by atoms with Gasteiger partial charge in [0.15, 0.2) is 11.5 Å². The van der Waals surface area contributed by atoms with Crippen LogP contribution in [0.15, 0.2) is 66.7 Å². The third-order valence-corrected chi connectivity index (χ3v) is 7.36. The summed E-state index contributed by atoms with van der Waals surface area (Å²) in [6, 6.07) is 19.6. The molecule has 5 rings (SSSR count). The molecule has 40 heavy (non-hydrogen) atoms. The molecule has 1 fully saturated rings. The number of nitrogens with one attached hydrogen (secondary N) is 1. The lowest BCUT2D eigenvalue weighted by Gasteiger charge is -2.33. The number of fused-ring (bicyclic) bond motifs is 1. The van der Waals surface area contributed by atoms with Gasteiger partial charge in [-0.2, -0.15) is 0 Å². The predicted octanol–water partition coefficient (Wildman–Crippen LogP) is 4.98. The lowest BCUT2D eigenvalue weighted by atomic mass is 10.0. The van der Waals surface area contributed by atoms with Crippen molar-refractivity contribution in [3.63, 3.8) is 0 Å². The number of anilines is 1. The zero-order valence-electron chi connectivity index (χ0n) is 23.2. The summed E-state index contributed by atoms with van der Waals surface area (Å²) in [5.74, 6) is 0.548. The van der Waals surface area contributed by atoms with Gasteiger partial charge in [0.2, 0.25) is 11.8 Å². The van der Waals surface area contributed by atoms with Gasteiger partial charge in [0.25, 0.3) is 0 Å². The molecule has 0 radical (unpaired) electrons. The lowest BCUT2D eigenvalue weighted by molar-refractivity contribution is -0.127. The van der Waals surface area contributed by atoms with Crippen LogP contribution < -0.4 is 19.7 Å². The number of nitrogens with zero attached hydrogens (tertiary/aromatic N) is 4. The number of hydrogen-bond acceptors (Lipinski definition) is 6. The number of carbonyl (C=O) groups excluding carboxylic acids is 2. The molecular formula is C31H35N5O4. The second-order valence-electron chi connectivity index (χ2n) is 10.0. The van der Waals surface area contributed by atoms with Gasteiger partial charge in [-0.15, -0.1) is 5.10 Å². The molecule has 1 atom stereocenters. The predicted molar refractivity (Wildman–Crippen MR) is 153 cm³/mol. The smallest absolute Gasteiger partial charge is 0.249 e. The molecule has 0 saturated heterocycles. The topological polar surface area (TPSA) is 98.6 Å². The summed E-state index contributed by atoms with van der Waals surface area (Å²) < 4.78 is 12.9. The van der Waals surface area contributed by atoms with E-state index < -0.39 is 6.04 Å². The van der Waals surface area contributed by atoms with Crippen LogP contribution in [0.5, 0.6) is 11.5 Å². The van der Waals surface area contributed by atoms with Crippen LogP contribution in [0.1, 0.15) is 49.8 Å². The third kappa shape index (κ3) is 5.64. The summed E-state index contributed by atoms with van der Waals surface area (Å²) in [6.45, 7) is 4.22. The molecule has 0 aliphatic heterocycles. The van der Waals surface area contributed by atoms with E-state index in [0.717, 1.165) is 36.8 Å². The Morgan fingerprint density at radius 1 is 1.05 bits per heavy atom. The number of carbonyl (C=O) groups is 2. The van der Waals surface area contributed by atoms with Gasteiger partial charge in [0, 0.05) is 11.7 Å². The molecule has 208 valence electrons. The van der Waals surface area contributed by atoms with Crippen LogP contribution in [0.2, 0.25) is 0 Å². The van der Waals surface area contributed by atoms with Crippen molar-refractivity contribution < 1.29 is 19.1 Å². The Kier molecular flexibility index (Phi) is 8.28. The van der Waals surface area contributed by atoms with E-state index in [1.165, 1.54) is 0 Å². The summed E-state index contributed by atoms with van der Waals surface area (Å²) in [5.41, 5.74) is 3.59. The molecule has 1 aliphatic carbocycles. The highest BCUT2D eigenvalue weighted by Gasteiger charge is 2.36. The zero-order valence-corrected chi connectivity index (χ0v) is 23.2. The van der Waals surface area contributed by atoms with Crippen molar-refractivity contribution in [1.82, 2.24) is 20.3 Å². The summed E-state index contributed by atoms with van der Waals surface area (Å²) in [7, 11) is 1.56. The van der Waals surface area contributed by atoms with Crippen LogP contribution in [0, 0.1) is 6.92 Å². The second-order valence-corrected chi connectivity index (χ2v) is 10.0. The summed E-state index contributed by atoms with van der Waals surface area (Å²) in [5, 5.41) is 11.7. The second kappa shape index (κ2) is 12.2. The number of aromatic nitrogens is 3. The minimum absolute atomic E-state index is 0.0766. The van der Waals surface area contributed by atoms with Crippen LogP contribution in [0.25, 0.3) is 11.0 Å². The first-order valence-corrected chi connectivity index (χ1v) is 13.8. The molecular weight excluding hydrogens is 506 g/mol. The summed E-state index contributed by atoms with van der Waals surface area (Å²) in [6.07, 6.45) is 4.00. The molecule has 0 bridgehead atoms. The largest absolute Gasteiger partial charge is 0.493 e. The van der Waals surface area contributed by atoms with Crippen molar-refractivity contribution in [3.05, 3.63) is 77.9 Å². The van der Waals surface area contributed by atoms with Crippen LogP contribution in [0.4, 0.5) is 5.69 Å². The molecule has 0 unspecified atom stereocenters. The van der Waals surface area contributed by atoms with Crippen LogP contribution in [0.3, 0.4) is 0 Å². The Labute approximate surface area is 234 Å². The molecule has 1 aromatic heterocycles. The molecule has 1 heterocycles. The van der Waals surface area contributed by atoms with Gasteiger partial charge >= 0.3 is 0 Å². The van der Waals surface area contributed by atoms with Crippen molar-refractivity contribution in [2.75, 3.05) is 18.6 Å². The standard InChI is InChI=1S/C31H35N5O4/c1-4-40-27-18-17-22(19-28(27)39-3)30(31(38)32-23-12-6-7-13-23)36(25-15-9-5-11-21(25)2)29(37)20-35-26-16-10-8-14-24(26)33-34-35/h5,8-11,14-19,23,30H,4,6-7,12-13,20H2,1-3H3,(H,32,38)/t30-/m0/s1. The van der Waals surface area contributed by atoms with Gasteiger partial charge < -0.3 is 14.8 Å². The van der Waals surface area contributed by atoms with Gasteiger partial charge in [-0.1, -0.05) is 54.5 Å². The number of ether oxygens (including phenoxy) is 2. The van der Waals surface area contributed by atoms with E-state index in [-0.39, 0.29) is 24.4 Å². The van der Waals surface area contributed by atoms with Gasteiger partial charge in [-0.05, 0) is 68.1 Å². The average molecular weight is 542 g/mol. The Morgan fingerprint density at radius 3 is 2.55 bits per heavy atom. The number of methoxy groups -OCH3 is 1. The van der Waals surface area contributed by atoms with E-state index >= 15 is 0 Å². The van der Waals surface area contributed by atoms with Gasteiger partial charge in [0.05, 0.1) is 19.2 Å². The number of hydrogen-bond donors (Lipinski definition) is 1. The van der Waals surface area contributed by atoms with Crippen LogP contribution in [-0.4, -0.2) is 46.6 Å². The minimum atomic E-state index is -0.950. The number of rotatable bonds is 10. The van der Waals surface area contributed by atoms with Crippen molar-refractivity contribution in [2.45, 2.75) is 58.2 Å². The van der Waals surface area contributed by atoms with Crippen molar-refractivity contribution in [1.29, 1.82) is 0 Å². The van der Waals surface area contributed by atoms with Crippen LogP contribution >= 0.6 is 0 Å². The Hall–Kier alpha value is -4.40. The number of benzene rings is 3. The van der Waals surface area contributed by atoms with Gasteiger partial charge in [0.1, 0.15) is 18.1 Å². The van der Waals surface area contributed by atoms with E-state index in [1.54, 1.807) is 28.8 Å². The van der Waals surface area contributed by atoms with E-state index in [4.69, 9.17) is 9.47 Å². The molecule has 4 aromatic rings. The first-order chi connectivity index (χ1) is 19.5. The first kappa shape index (κ1) is 27.2. The molecule has 9 heteroatoms. The highest BCUT2D eigenvalue weighted by atomic mass is 16.5. The van der Waals surface area contributed by atoms with E-state index in [1.807, 2.05) is 68.4 Å². The molecule has 9 nitrogen and oxygen atoms in total. The fraction of sp³-hybridized carbons (Fsp3) is 0.355. The summed E-state index contributed by atoms with van der Waals surface area (Å²) in [4.78, 5) is 30.0. The normalized spacial score (nSPS) is 14.2. The molecule has 1 saturated carbocycles. The highest BCUT2D eigenvalue weighted by Crippen LogP contribution is 2.36.